The van der Waals surface area contributed by atoms with Crippen molar-refractivity contribution >= 4 is 15.7 Å². The molecule has 1 heterocycles. The van der Waals surface area contributed by atoms with Crippen LogP contribution in [0.1, 0.15) is 23.5 Å². The van der Waals surface area contributed by atoms with Gasteiger partial charge >= 0.3 is 6.61 Å². The van der Waals surface area contributed by atoms with E-state index >= 15 is 0 Å². The quantitative estimate of drug-likeness (QED) is 0.728. The van der Waals surface area contributed by atoms with E-state index in [9.17, 15) is 17.2 Å². The van der Waals surface area contributed by atoms with Gasteiger partial charge in [0.05, 0.1) is 17.7 Å². The number of nitrogens with one attached hydrogen (secondary N) is 2. The summed E-state index contributed by atoms with van der Waals surface area (Å²) in [7, 11) is -2.48. The van der Waals surface area contributed by atoms with E-state index in [2.05, 4.69) is 14.8 Å². The SMILES string of the molecule is COc1ccc(S(=O)(=O)Nc2cc(C)ccc2OC(F)F)cc1C1CCNC1. The molecule has 0 bridgehead atoms. The molecule has 1 atom stereocenters. The summed E-state index contributed by atoms with van der Waals surface area (Å²) >= 11 is 0. The first kappa shape index (κ1) is 20.3. The average Bonchev–Trinajstić information content (AvgIpc) is 3.17. The van der Waals surface area contributed by atoms with Crippen LogP contribution in [0.5, 0.6) is 11.5 Å². The minimum Gasteiger partial charge on any atom is -0.496 e. The van der Waals surface area contributed by atoms with E-state index in [1.54, 1.807) is 25.1 Å². The number of benzene rings is 2. The second-order valence-corrected chi connectivity index (χ2v) is 8.26. The molecule has 0 aliphatic carbocycles. The first-order valence-corrected chi connectivity index (χ1v) is 10.3. The average molecular weight is 412 g/mol. The maximum atomic E-state index is 12.9. The van der Waals surface area contributed by atoms with Gasteiger partial charge < -0.3 is 14.8 Å². The van der Waals surface area contributed by atoms with Crippen molar-refractivity contribution in [1.82, 2.24) is 5.32 Å². The molecule has 0 amide bonds. The predicted molar refractivity (Wildman–Crippen MR) is 102 cm³/mol. The third kappa shape index (κ3) is 4.53. The van der Waals surface area contributed by atoms with Crippen molar-refractivity contribution in [3.05, 3.63) is 47.5 Å². The molecule has 0 radical (unpaired) electrons. The van der Waals surface area contributed by atoms with Crippen LogP contribution in [0.2, 0.25) is 0 Å². The minimum absolute atomic E-state index is 0.0275. The Bertz CT molecular complexity index is 945. The number of anilines is 1. The molecule has 2 aromatic carbocycles. The zero-order valence-electron chi connectivity index (χ0n) is 15.5. The number of sulfonamides is 1. The van der Waals surface area contributed by atoms with Gasteiger partial charge in [-0.2, -0.15) is 8.78 Å². The lowest BCUT2D eigenvalue weighted by molar-refractivity contribution is -0.0493. The van der Waals surface area contributed by atoms with Gasteiger partial charge in [0.2, 0.25) is 0 Å². The second-order valence-electron chi connectivity index (χ2n) is 6.58. The van der Waals surface area contributed by atoms with Gasteiger partial charge in [0.15, 0.2) is 0 Å². The van der Waals surface area contributed by atoms with Crippen molar-refractivity contribution in [2.45, 2.75) is 30.8 Å². The molecule has 9 heteroatoms. The summed E-state index contributed by atoms with van der Waals surface area (Å²) in [6.07, 6.45) is 0.873. The van der Waals surface area contributed by atoms with Crippen LogP contribution in [-0.2, 0) is 10.0 Å². The Balaban J connectivity index is 1.95. The fourth-order valence-electron chi connectivity index (χ4n) is 3.24. The molecule has 28 heavy (non-hydrogen) atoms. The number of hydrogen-bond donors (Lipinski definition) is 2. The smallest absolute Gasteiger partial charge is 0.387 e. The molecule has 1 aliphatic heterocycles. The van der Waals surface area contributed by atoms with E-state index in [-0.39, 0.29) is 22.3 Å². The van der Waals surface area contributed by atoms with Crippen LogP contribution in [0.25, 0.3) is 0 Å². The Hall–Kier alpha value is -2.39. The second kappa shape index (κ2) is 8.32. The lowest BCUT2D eigenvalue weighted by atomic mass is 9.97. The zero-order valence-corrected chi connectivity index (χ0v) is 16.4. The molecular formula is C19H22F2N2O4S. The Labute approximate surface area is 162 Å². The van der Waals surface area contributed by atoms with Crippen molar-refractivity contribution in [1.29, 1.82) is 0 Å². The number of ether oxygens (including phenoxy) is 2. The lowest BCUT2D eigenvalue weighted by Crippen LogP contribution is -2.16. The number of alkyl halides is 2. The topological polar surface area (TPSA) is 76.7 Å². The monoisotopic (exact) mass is 412 g/mol. The van der Waals surface area contributed by atoms with Crippen molar-refractivity contribution in [2.24, 2.45) is 0 Å². The molecule has 1 saturated heterocycles. The van der Waals surface area contributed by atoms with Crippen molar-refractivity contribution in [3.63, 3.8) is 0 Å². The standard InChI is InChI=1S/C19H22F2N2O4S/c1-12-3-5-18(27-19(20)21)16(9-12)23-28(24,25)14-4-6-17(26-2)15(10-14)13-7-8-22-11-13/h3-6,9-10,13,19,22-23H,7-8,11H2,1-2H3. The van der Waals surface area contributed by atoms with Crippen molar-refractivity contribution in [2.75, 3.05) is 24.9 Å². The maximum Gasteiger partial charge on any atom is 0.387 e. The van der Waals surface area contributed by atoms with Gasteiger partial charge in [-0.1, -0.05) is 6.07 Å². The van der Waals surface area contributed by atoms with Crippen LogP contribution in [0.3, 0.4) is 0 Å². The molecule has 2 aromatic rings. The lowest BCUT2D eigenvalue weighted by Gasteiger charge is -2.17. The van der Waals surface area contributed by atoms with Crippen LogP contribution < -0.4 is 19.5 Å². The normalized spacial score (nSPS) is 17.0. The van der Waals surface area contributed by atoms with E-state index in [4.69, 9.17) is 4.74 Å². The molecule has 1 unspecified atom stereocenters. The first-order chi connectivity index (χ1) is 13.3. The summed E-state index contributed by atoms with van der Waals surface area (Å²) in [5.41, 5.74) is 1.45. The molecular weight excluding hydrogens is 390 g/mol. The van der Waals surface area contributed by atoms with E-state index in [1.165, 1.54) is 25.3 Å². The largest absolute Gasteiger partial charge is 0.496 e. The highest BCUT2D eigenvalue weighted by Crippen LogP contribution is 2.34. The molecule has 0 saturated carbocycles. The van der Waals surface area contributed by atoms with Crippen molar-refractivity contribution < 1.29 is 26.7 Å². The molecule has 0 spiro atoms. The van der Waals surface area contributed by atoms with E-state index < -0.39 is 16.6 Å². The number of methoxy groups -OCH3 is 1. The molecule has 3 rings (SSSR count). The van der Waals surface area contributed by atoms with Crippen LogP contribution in [0.4, 0.5) is 14.5 Å². The first-order valence-electron chi connectivity index (χ1n) is 8.77. The molecule has 1 aliphatic rings. The van der Waals surface area contributed by atoms with Crippen LogP contribution >= 0.6 is 0 Å². The van der Waals surface area contributed by atoms with Gasteiger partial charge in [-0.15, -0.1) is 0 Å². The molecule has 0 aromatic heterocycles. The van der Waals surface area contributed by atoms with E-state index in [1.807, 2.05) is 0 Å². The summed E-state index contributed by atoms with van der Waals surface area (Å²) in [6.45, 7) is 0.245. The fraction of sp³-hybridized carbons (Fsp3) is 0.368. The highest BCUT2D eigenvalue weighted by Gasteiger charge is 2.24. The molecule has 6 nitrogen and oxygen atoms in total. The molecule has 1 fully saturated rings. The van der Waals surface area contributed by atoms with Gasteiger partial charge in [0.1, 0.15) is 11.5 Å². The zero-order chi connectivity index (χ0) is 20.3. The third-order valence-corrected chi connectivity index (χ3v) is 5.97. The minimum atomic E-state index is -4.02. The van der Waals surface area contributed by atoms with Crippen LogP contribution in [0.15, 0.2) is 41.3 Å². The number of aryl methyl sites for hydroxylation is 1. The highest BCUT2D eigenvalue weighted by atomic mass is 32.2. The molecule has 2 N–H and O–H groups in total. The number of halogens is 2. The Morgan fingerprint density at radius 1 is 1.18 bits per heavy atom. The van der Waals surface area contributed by atoms with Gasteiger partial charge in [-0.05, 0) is 61.3 Å². The van der Waals surface area contributed by atoms with E-state index in [0.717, 1.165) is 25.1 Å². The van der Waals surface area contributed by atoms with Crippen LogP contribution in [0, 0.1) is 6.92 Å². The predicted octanol–water partition coefficient (Wildman–Crippen LogP) is 3.48. The molecule has 152 valence electrons. The van der Waals surface area contributed by atoms with Crippen molar-refractivity contribution in [3.8, 4) is 11.5 Å². The summed E-state index contributed by atoms with van der Waals surface area (Å²) < 4.78 is 63.3. The Morgan fingerprint density at radius 2 is 1.93 bits per heavy atom. The summed E-state index contributed by atoms with van der Waals surface area (Å²) in [5.74, 6) is 0.518. The number of hydrogen-bond acceptors (Lipinski definition) is 5. The third-order valence-electron chi connectivity index (χ3n) is 4.61. The van der Waals surface area contributed by atoms with E-state index in [0.29, 0.717) is 11.3 Å². The summed E-state index contributed by atoms with van der Waals surface area (Å²) in [4.78, 5) is 0.0275. The van der Waals surface area contributed by atoms with Gasteiger partial charge in [0.25, 0.3) is 10.0 Å². The Morgan fingerprint density at radius 3 is 2.57 bits per heavy atom. The van der Waals surface area contributed by atoms with Gasteiger partial charge in [-0.25, -0.2) is 8.42 Å². The maximum absolute atomic E-state index is 12.9. The number of rotatable bonds is 7. The van der Waals surface area contributed by atoms with Crippen LogP contribution in [-0.4, -0.2) is 35.2 Å². The Kier molecular flexibility index (Phi) is 6.04. The fourth-order valence-corrected chi connectivity index (χ4v) is 4.34. The van der Waals surface area contributed by atoms with Gasteiger partial charge in [-0.3, -0.25) is 4.72 Å². The summed E-state index contributed by atoms with van der Waals surface area (Å²) in [5, 5.41) is 3.24. The highest BCUT2D eigenvalue weighted by molar-refractivity contribution is 7.92. The van der Waals surface area contributed by atoms with Gasteiger partial charge in [0, 0.05) is 12.5 Å². The summed E-state index contributed by atoms with van der Waals surface area (Å²) in [6, 6.07) is 8.92.